The molecule has 2 aromatic rings. The Morgan fingerprint density at radius 3 is 2.65 bits per heavy atom. The fourth-order valence-electron chi connectivity index (χ4n) is 1.92. The lowest BCUT2D eigenvalue weighted by molar-refractivity contribution is 0.130. The van der Waals surface area contributed by atoms with E-state index in [9.17, 15) is 0 Å². The number of hydrogen-bond acceptors (Lipinski definition) is 4. The zero-order valence-electron chi connectivity index (χ0n) is 11.8. The van der Waals surface area contributed by atoms with Crippen molar-refractivity contribution in [3.8, 4) is 0 Å². The van der Waals surface area contributed by atoms with Crippen LogP contribution in [0.25, 0.3) is 0 Å². The second-order valence-corrected chi connectivity index (χ2v) is 4.61. The zero-order valence-corrected chi connectivity index (χ0v) is 11.8. The monoisotopic (exact) mass is 271 g/mol. The largest absolute Gasteiger partial charge is 0.375 e. The van der Waals surface area contributed by atoms with Crippen LogP contribution >= 0.6 is 0 Å². The van der Waals surface area contributed by atoms with E-state index < -0.39 is 0 Å². The Morgan fingerprint density at radius 1 is 1.15 bits per heavy atom. The number of aromatic nitrogens is 1. The second-order valence-electron chi connectivity index (χ2n) is 4.61. The van der Waals surface area contributed by atoms with Gasteiger partial charge in [-0.2, -0.15) is 0 Å². The number of nitrogens with one attached hydrogen (secondary N) is 1. The summed E-state index contributed by atoms with van der Waals surface area (Å²) in [6.45, 7) is 4.52. The van der Waals surface area contributed by atoms with Gasteiger partial charge in [0, 0.05) is 18.8 Å². The smallest absolute Gasteiger partial charge is 0.126 e. The Balaban J connectivity index is 1.69. The van der Waals surface area contributed by atoms with Crippen LogP contribution in [0.1, 0.15) is 16.8 Å². The number of rotatable bonds is 7. The maximum Gasteiger partial charge on any atom is 0.126 e. The average molecular weight is 271 g/mol. The molecule has 4 heteroatoms. The number of nitrogens with zero attached hydrogens (tertiary/aromatic N) is 1. The van der Waals surface area contributed by atoms with Crippen LogP contribution in [0.4, 0.5) is 5.82 Å². The van der Waals surface area contributed by atoms with Crippen molar-refractivity contribution in [3.05, 3.63) is 59.3 Å². The number of hydrogen-bond donors (Lipinski definition) is 2. The number of ether oxygens (including phenoxy) is 1. The minimum Gasteiger partial charge on any atom is -0.375 e. The molecule has 0 radical (unpaired) electrons. The van der Waals surface area contributed by atoms with E-state index in [4.69, 9.17) is 10.5 Å². The molecule has 0 saturated heterocycles. The van der Waals surface area contributed by atoms with Gasteiger partial charge in [0.25, 0.3) is 0 Å². The first-order valence-electron chi connectivity index (χ1n) is 6.81. The van der Waals surface area contributed by atoms with Gasteiger partial charge in [0.05, 0.1) is 13.2 Å². The van der Waals surface area contributed by atoms with Crippen molar-refractivity contribution < 1.29 is 4.74 Å². The second kappa shape index (κ2) is 7.62. The van der Waals surface area contributed by atoms with E-state index in [2.05, 4.69) is 22.4 Å². The molecular formula is C16H21N3O. The summed E-state index contributed by atoms with van der Waals surface area (Å²) in [5.41, 5.74) is 8.86. The van der Waals surface area contributed by atoms with Gasteiger partial charge in [-0.1, -0.05) is 36.4 Å². The van der Waals surface area contributed by atoms with Gasteiger partial charge in [-0.05, 0) is 24.1 Å². The van der Waals surface area contributed by atoms with E-state index >= 15 is 0 Å². The predicted octanol–water partition coefficient (Wildman–Crippen LogP) is 2.48. The van der Waals surface area contributed by atoms with Gasteiger partial charge in [-0.15, -0.1) is 0 Å². The topological polar surface area (TPSA) is 60.2 Å². The first-order valence-corrected chi connectivity index (χ1v) is 6.81. The van der Waals surface area contributed by atoms with Crippen molar-refractivity contribution in [2.45, 2.75) is 20.1 Å². The Bertz CT molecular complexity index is 529. The predicted molar refractivity (Wildman–Crippen MR) is 81.5 cm³/mol. The highest BCUT2D eigenvalue weighted by Crippen LogP contribution is 2.09. The van der Waals surface area contributed by atoms with Gasteiger partial charge in [0.2, 0.25) is 0 Å². The molecule has 0 aliphatic carbocycles. The van der Waals surface area contributed by atoms with E-state index in [-0.39, 0.29) is 0 Å². The molecule has 0 atom stereocenters. The molecular weight excluding hydrogens is 250 g/mol. The van der Waals surface area contributed by atoms with Gasteiger partial charge in [0.15, 0.2) is 0 Å². The van der Waals surface area contributed by atoms with Crippen LogP contribution in [0.5, 0.6) is 0 Å². The molecule has 0 amide bonds. The molecule has 4 nitrogen and oxygen atoms in total. The van der Waals surface area contributed by atoms with Crippen LogP contribution < -0.4 is 11.1 Å². The number of benzene rings is 1. The van der Waals surface area contributed by atoms with Crippen molar-refractivity contribution >= 4 is 5.82 Å². The number of pyridine rings is 1. The molecule has 3 N–H and O–H groups in total. The minimum absolute atomic E-state index is 0.527. The minimum atomic E-state index is 0.527. The molecule has 0 fully saturated rings. The molecule has 1 heterocycles. The lowest BCUT2D eigenvalue weighted by Crippen LogP contribution is -2.11. The summed E-state index contributed by atoms with van der Waals surface area (Å²) in [5, 5.41) is 3.25. The van der Waals surface area contributed by atoms with Gasteiger partial charge in [-0.25, -0.2) is 4.98 Å². The lowest BCUT2D eigenvalue weighted by Gasteiger charge is -2.09. The number of nitrogens with two attached hydrogens (primary N) is 1. The third-order valence-electron chi connectivity index (χ3n) is 3.08. The molecule has 1 aromatic carbocycles. The Hall–Kier alpha value is -1.91. The van der Waals surface area contributed by atoms with Crippen LogP contribution in [0.2, 0.25) is 0 Å². The number of anilines is 1. The standard InChI is InChI=1S/C16H21N3O/c1-13-15(11-17)7-8-16(19-13)18-9-10-20-12-14-5-3-2-4-6-14/h2-8H,9-12,17H2,1H3,(H,18,19). The van der Waals surface area contributed by atoms with E-state index in [1.54, 1.807) is 0 Å². The molecule has 0 bridgehead atoms. The van der Waals surface area contributed by atoms with E-state index in [0.717, 1.165) is 23.6 Å². The van der Waals surface area contributed by atoms with Crippen LogP contribution in [-0.4, -0.2) is 18.1 Å². The van der Waals surface area contributed by atoms with E-state index in [1.807, 2.05) is 37.3 Å². The van der Waals surface area contributed by atoms with Gasteiger partial charge < -0.3 is 15.8 Å². The summed E-state index contributed by atoms with van der Waals surface area (Å²) < 4.78 is 5.61. The van der Waals surface area contributed by atoms with Crippen molar-refractivity contribution in [1.82, 2.24) is 4.98 Å². The SMILES string of the molecule is Cc1nc(NCCOCc2ccccc2)ccc1CN. The molecule has 106 valence electrons. The summed E-state index contributed by atoms with van der Waals surface area (Å²) in [7, 11) is 0. The highest BCUT2D eigenvalue weighted by molar-refractivity contribution is 5.38. The summed E-state index contributed by atoms with van der Waals surface area (Å²) in [4.78, 5) is 4.45. The molecule has 0 spiro atoms. The third-order valence-corrected chi connectivity index (χ3v) is 3.08. The molecule has 2 rings (SSSR count). The first kappa shape index (κ1) is 14.5. The van der Waals surface area contributed by atoms with Gasteiger partial charge >= 0.3 is 0 Å². The zero-order chi connectivity index (χ0) is 14.2. The summed E-state index contributed by atoms with van der Waals surface area (Å²) in [6.07, 6.45) is 0. The van der Waals surface area contributed by atoms with Crippen molar-refractivity contribution in [2.24, 2.45) is 5.73 Å². The maximum absolute atomic E-state index is 5.62. The van der Waals surface area contributed by atoms with Crippen LogP contribution in [0, 0.1) is 6.92 Å². The fourth-order valence-corrected chi connectivity index (χ4v) is 1.92. The molecule has 0 unspecified atom stereocenters. The highest BCUT2D eigenvalue weighted by Gasteiger charge is 1.99. The van der Waals surface area contributed by atoms with E-state index in [1.165, 1.54) is 5.56 Å². The Morgan fingerprint density at radius 2 is 1.95 bits per heavy atom. The highest BCUT2D eigenvalue weighted by atomic mass is 16.5. The van der Waals surface area contributed by atoms with Crippen molar-refractivity contribution in [2.75, 3.05) is 18.5 Å². The molecule has 20 heavy (non-hydrogen) atoms. The summed E-state index contributed by atoms with van der Waals surface area (Å²) in [5.74, 6) is 0.864. The van der Waals surface area contributed by atoms with Crippen LogP contribution in [0.3, 0.4) is 0 Å². The third kappa shape index (κ3) is 4.33. The number of aryl methyl sites for hydroxylation is 1. The quantitative estimate of drug-likeness (QED) is 0.760. The van der Waals surface area contributed by atoms with Crippen molar-refractivity contribution in [3.63, 3.8) is 0 Å². The lowest BCUT2D eigenvalue weighted by atomic mass is 10.2. The van der Waals surface area contributed by atoms with Crippen LogP contribution in [0.15, 0.2) is 42.5 Å². The maximum atomic E-state index is 5.62. The first-order chi connectivity index (χ1) is 9.79. The molecule has 0 aliphatic heterocycles. The summed E-state index contributed by atoms with van der Waals surface area (Å²) >= 11 is 0. The normalized spacial score (nSPS) is 10.5. The Kier molecular flexibility index (Phi) is 5.53. The van der Waals surface area contributed by atoms with Crippen LogP contribution in [-0.2, 0) is 17.9 Å². The van der Waals surface area contributed by atoms with Crippen molar-refractivity contribution in [1.29, 1.82) is 0 Å². The fraction of sp³-hybridized carbons (Fsp3) is 0.312. The Labute approximate surface area is 120 Å². The molecule has 0 saturated carbocycles. The van der Waals surface area contributed by atoms with E-state index in [0.29, 0.717) is 19.8 Å². The van der Waals surface area contributed by atoms with Gasteiger partial charge in [0.1, 0.15) is 5.82 Å². The molecule has 0 aliphatic rings. The van der Waals surface area contributed by atoms with Gasteiger partial charge in [-0.3, -0.25) is 0 Å². The summed E-state index contributed by atoms with van der Waals surface area (Å²) in [6, 6.07) is 14.1. The molecule has 1 aromatic heterocycles. The average Bonchev–Trinajstić information content (AvgIpc) is 2.48.